The first-order valence-corrected chi connectivity index (χ1v) is 11.0. The normalized spacial score (nSPS) is 16.8. The maximum Gasteiger partial charge on any atom is 0.261 e. The molecule has 132 valence electrons. The van der Waals surface area contributed by atoms with Gasteiger partial charge in [0.2, 0.25) is 15.9 Å². The third-order valence-corrected chi connectivity index (χ3v) is 7.17. The number of carbonyl (C=O) groups is 1. The van der Waals surface area contributed by atoms with Crippen molar-refractivity contribution in [3.63, 3.8) is 0 Å². The molecule has 1 fully saturated rings. The van der Waals surface area contributed by atoms with Gasteiger partial charge in [-0.3, -0.25) is 9.52 Å². The Morgan fingerprint density at radius 2 is 1.60 bits per heavy atom. The van der Waals surface area contributed by atoms with Gasteiger partial charge < -0.3 is 0 Å². The summed E-state index contributed by atoms with van der Waals surface area (Å²) in [6.45, 7) is 0. The van der Waals surface area contributed by atoms with Crippen LogP contribution in [0.3, 0.4) is 0 Å². The van der Waals surface area contributed by atoms with Crippen molar-refractivity contribution in [2.75, 3.05) is 14.8 Å². The fraction of sp³-hybridized carbons (Fsp3) is 0.133. The second kappa shape index (κ2) is 6.43. The lowest BCUT2D eigenvalue weighted by molar-refractivity contribution is -0.116. The third kappa shape index (κ3) is 3.70. The highest BCUT2D eigenvalue weighted by atomic mass is 79.9. The Balaban J connectivity index is 1.86. The summed E-state index contributed by atoms with van der Waals surface area (Å²) in [6, 6.07) is 11.7. The molecule has 1 saturated heterocycles. The van der Waals surface area contributed by atoms with Crippen LogP contribution in [-0.2, 0) is 24.8 Å². The highest BCUT2D eigenvalue weighted by Gasteiger charge is 2.36. The van der Waals surface area contributed by atoms with Gasteiger partial charge >= 0.3 is 0 Å². The van der Waals surface area contributed by atoms with Crippen LogP contribution in [0.2, 0.25) is 0 Å². The number of nitrogens with zero attached hydrogens (tertiary/aromatic N) is 1. The molecule has 0 unspecified atom stereocenters. The first-order valence-electron chi connectivity index (χ1n) is 7.13. The molecular formula is C15H13BrN2O5S2. The molecule has 10 heteroatoms. The van der Waals surface area contributed by atoms with Crippen LogP contribution in [0, 0.1) is 0 Å². The lowest BCUT2D eigenvalue weighted by Gasteiger charge is -2.15. The van der Waals surface area contributed by atoms with Crippen molar-refractivity contribution >= 4 is 53.3 Å². The predicted molar refractivity (Wildman–Crippen MR) is 97.3 cm³/mol. The number of benzene rings is 2. The zero-order valence-electron chi connectivity index (χ0n) is 12.7. The lowest BCUT2D eigenvalue weighted by Crippen LogP contribution is -2.29. The smallest absolute Gasteiger partial charge is 0.261 e. The molecule has 1 aliphatic heterocycles. The number of anilines is 2. The second-order valence-electron chi connectivity index (χ2n) is 5.33. The largest absolute Gasteiger partial charge is 0.280 e. The SMILES string of the molecule is O=C1CCS(=O)(=O)N1c1ccc(S(=O)(=O)Nc2ccc(Br)cc2)cc1. The lowest BCUT2D eigenvalue weighted by atomic mass is 10.3. The van der Waals surface area contributed by atoms with Crippen molar-refractivity contribution in [2.45, 2.75) is 11.3 Å². The molecule has 0 aliphatic carbocycles. The molecule has 0 saturated carbocycles. The van der Waals surface area contributed by atoms with Gasteiger partial charge in [-0.05, 0) is 48.5 Å². The fourth-order valence-electron chi connectivity index (χ4n) is 2.36. The van der Waals surface area contributed by atoms with E-state index in [1.54, 1.807) is 24.3 Å². The molecule has 1 amide bonds. The summed E-state index contributed by atoms with van der Waals surface area (Å²) in [6.07, 6.45) is -0.0759. The molecule has 1 aliphatic rings. The van der Waals surface area contributed by atoms with E-state index in [-0.39, 0.29) is 22.8 Å². The molecule has 0 atom stereocenters. The van der Waals surface area contributed by atoms with E-state index in [0.717, 1.165) is 4.47 Å². The van der Waals surface area contributed by atoms with Crippen molar-refractivity contribution in [3.8, 4) is 0 Å². The second-order valence-corrected chi connectivity index (χ2v) is 9.87. The van der Waals surface area contributed by atoms with Gasteiger partial charge in [-0.25, -0.2) is 21.1 Å². The topological polar surface area (TPSA) is 101 Å². The van der Waals surface area contributed by atoms with Crippen LogP contribution in [-0.4, -0.2) is 28.5 Å². The average molecular weight is 445 g/mol. The minimum atomic E-state index is -3.83. The van der Waals surface area contributed by atoms with E-state index in [1.807, 2.05) is 0 Å². The molecule has 0 radical (unpaired) electrons. The predicted octanol–water partition coefficient (Wildman–Crippen LogP) is 2.32. The van der Waals surface area contributed by atoms with Crippen LogP contribution in [0.25, 0.3) is 0 Å². The summed E-state index contributed by atoms with van der Waals surface area (Å²) in [4.78, 5) is 11.7. The summed E-state index contributed by atoms with van der Waals surface area (Å²) in [5.74, 6) is -0.764. The Kier molecular flexibility index (Phi) is 4.60. The Hall–Kier alpha value is -1.91. The zero-order chi connectivity index (χ0) is 18.2. The van der Waals surface area contributed by atoms with Crippen molar-refractivity contribution in [1.29, 1.82) is 0 Å². The fourth-order valence-corrected chi connectivity index (χ4v) is 5.14. The van der Waals surface area contributed by atoms with Crippen molar-refractivity contribution in [1.82, 2.24) is 0 Å². The third-order valence-electron chi connectivity index (χ3n) is 3.56. The molecule has 7 nitrogen and oxygen atoms in total. The molecule has 0 bridgehead atoms. The number of rotatable bonds is 4. The molecule has 3 rings (SSSR count). The van der Waals surface area contributed by atoms with E-state index in [9.17, 15) is 21.6 Å². The molecule has 0 aromatic heterocycles. The monoisotopic (exact) mass is 444 g/mol. The van der Waals surface area contributed by atoms with E-state index in [4.69, 9.17) is 0 Å². The molecule has 1 heterocycles. The number of nitrogens with one attached hydrogen (secondary N) is 1. The average Bonchev–Trinajstić information content (AvgIpc) is 2.83. The Morgan fingerprint density at radius 3 is 2.12 bits per heavy atom. The number of hydrogen-bond donors (Lipinski definition) is 1. The van der Waals surface area contributed by atoms with Crippen LogP contribution < -0.4 is 9.03 Å². The summed E-state index contributed by atoms with van der Waals surface area (Å²) in [5, 5.41) is 0. The van der Waals surface area contributed by atoms with Crippen molar-refractivity contribution in [3.05, 3.63) is 53.0 Å². The summed E-state index contributed by atoms with van der Waals surface area (Å²) >= 11 is 3.27. The summed E-state index contributed by atoms with van der Waals surface area (Å²) < 4.78 is 52.5. The van der Waals surface area contributed by atoms with Gasteiger partial charge in [0.25, 0.3) is 10.0 Å². The highest BCUT2D eigenvalue weighted by Crippen LogP contribution is 2.27. The van der Waals surface area contributed by atoms with E-state index in [0.29, 0.717) is 9.99 Å². The highest BCUT2D eigenvalue weighted by molar-refractivity contribution is 9.10. The Bertz CT molecular complexity index is 1020. The first kappa shape index (κ1) is 17.9. The summed E-state index contributed by atoms with van der Waals surface area (Å²) in [5.41, 5.74) is 0.523. The number of sulfonamides is 2. The molecule has 0 spiro atoms. The van der Waals surface area contributed by atoms with Crippen LogP contribution >= 0.6 is 15.9 Å². The minimum absolute atomic E-state index is 0.0387. The first-order chi connectivity index (χ1) is 11.7. The van der Waals surface area contributed by atoms with Gasteiger partial charge in [0.15, 0.2) is 0 Å². The number of halogens is 1. The van der Waals surface area contributed by atoms with Gasteiger partial charge in [-0.1, -0.05) is 15.9 Å². The molecule has 2 aromatic rings. The zero-order valence-corrected chi connectivity index (χ0v) is 15.9. The minimum Gasteiger partial charge on any atom is -0.280 e. The maximum atomic E-state index is 12.4. The van der Waals surface area contributed by atoms with Crippen molar-refractivity contribution < 1.29 is 21.6 Å². The van der Waals surface area contributed by atoms with Gasteiger partial charge in [-0.2, -0.15) is 0 Å². The van der Waals surface area contributed by atoms with E-state index < -0.39 is 26.0 Å². The Morgan fingerprint density at radius 1 is 1.00 bits per heavy atom. The molecular weight excluding hydrogens is 432 g/mol. The van der Waals surface area contributed by atoms with E-state index >= 15 is 0 Å². The number of carbonyl (C=O) groups excluding carboxylic acids is 1. The van der Waals surface area contributed by atoms with E-state index in [2.05, 4.69) is 20.7 Å². The molecule has 25 heavy (non-hydrogen) atoms. The van der Waals surface area contributed by atoms with Crippen molar-refractivity contribution in [2.24, 2.45) is 0 Å². The standard InChI is InChI=1S/C15H13BrN2O5S2/c16-11-1-3-12(4-2-11)17-25(22,23)14-7-5-13(6-8-14)18-15(19)9-10-24(18,20)21/h1-8,17H,9-10H2. The van der Waals surface area contributed by atoms with Crippen LogP contribution in [0.5, 0.6) is 0 Å². The molecule has 1 N–H and O–H groups in total. The van der Waals surface area contributed by atoms with E-state index in [1.165, 1.54) is 24.3 Å². The molecule has 2 aromatic carbocycles. The van der Waals surface area contributed by atoms with Gasteiger partial charge in [0, 0.05) is 16.6 Å². The quantitative estimate of drug-likeness (QED) is 0.779. The van der Waals surface area contributed by atoms with Gasteiger partial charge in [-0.15, -0.1) is 0 Å². The van der Waals surface area contributed by atoms with Crippen LogP contribution in [0.15, 0.2) is 57.9 Å². The van der Waals surface area contributed by atoms with Gasteiger partial charge in [0.05, 0.1) is 16.3 Å². The number of amides is 1. The van der Waals surface area contributed by atoms with Crippen LogP contribution in [0.1, 0.15) is 6.42 Å². The van der Waals surface area contributed by atoms with Gasteiger partial charge in [0.1, 0.15) is 0 Å². The number of hydrogen-bond acceptors (Lipinski definition) is 5. The maximum absolute atomic E-state index is 12.4. The Labute approximate surface area is 153 Å². The summed E-state index contributed by atoms with van der Waals surface area (Å²) in [7, 11) is -7.50. The van der Waals surface area contributed by atoms with Crippen LogP contribution in [0.4, 0.5) is 11.4 Å².